The smallest absolute Gasteiger partial charge is 0.248 e. The molecule has 138 valence electrons. The van der Waals surface area contributed by atoms with Crippen LogP contribution in [0.15, 0.2) is 52.9 Å². The number of rotatable bonds is 5. The lowest BCUT2D eigenvalue weighted by molar-refractivity contribution is 0.169. The molecule has 6 heteroatoms. The van der Waals surface area contributed by atoms with Crippen molar-refractivity contribution in [3.63, 3.8) is 0 Å². The molecule has 1 unspecified atom stereocenters. The Morgan fingerprint density at radius 3 is 2.59 bits per heavy atom. The van der Waals surface area contributed by atoms with Gasteiger partial charge in [-0.05, 0) is 25.5 Å². The van der Waals surface area contributed by atoms with Crippen LogP contribution >= 0.6 is 0 Å². The normalized spacial score (nSPS) is 12.6. The van der Waals surface area contributed by atoms with E-state index in [-0.39, 0.29) is 5.82 Å². The summed E-state index contributed by atoms with van der Waals surface area (Å²) in [6.45, 7) is 3.92. The van der Waals surface area contributed by atoms with Crippen molar-refractivity contribution in [3.05, 3.63) is 71.4 Å². The number of aliphatic hydroxyl groups excluding tert-OH is 1. The van der Waals surface area contributed by atoms with Crippen molar-refractivity contribution >= 4 is 10.9 Å². The maximum absolute atomic E-state index is 14.1. The van der Waals surface area contributed by atoms with Crippen LogP contribution in [0.3, 0.4) is 0 Å². The van der Waals surface area contributed by atoms with Crippen molar-refractivity contribution in [3.8, 4) is 11.6 Å². The van der Waals surface area contributed by atoms with Gasteiger partial charge in [-0.1, -0.05) is 43.3 Å². The zero-order chi connectivity index (χ0) is 19.0. The Labute approximate surface area is 156 Å². The number of oxazole rings is 1. The molecule has 0 saturated carbocycles. The molecule has 4 aromatic rings. The van der Waals surface area contributed by atoms with Crippen molar-refractivity contribution in [2.75, 3.05) is 0 Å². The molecule has 0 aliphatic carbocycles. The molecule has 2 heterocycles. The van der Waals surface area contributed by atoms with E-state index in [9.17, 15) is 9.50 Å². The van der Waals surface area contributed by atoms with Gasteiger partial charge in [-0.25, -0.2) is 9.37 Å². The lowest BCUT2D eigenvalue weighted by Gasteiger charge is -2.04. The summed E-state index contributed by atoms with van der Waals surface area (Å²) in [5.74, 6) is 0.561. The topological polar surface area (TPSA) is 64.1 Å². The highest BCUT2D eigenvalue weighted by molar-refractivity contribution is 5.91. The van der Waals surface area contributed by atoms with E-state index in [0.717, 1.165) is 10.9 Å². The molecule has 1 N–H and O–H groups in total. The molecule has 0 fully saturated rings. The number of hydrogen-bond acceptors (Lipinski definition) is 4. The number of benzene rings is 2. The number of hydrogen-bond donors (Lipinski definition) is 1. The first-order valence-electron chi connectivity index (χ1n) is 8.95. The van der Waals surface area contributed by atoms with E-state index in [4.69, 9.17) is 4.42 Å². The molecule has 0 bridgehead atoms. The van der Waals surface area contributed by atoms with Gasteiger partial charge in [-0.2, -0.15) is 5.10 Å². The van der Waals surface area contributed by atoms with Crippen LogP contribution in [-0.4, -0.2) is 19.9 Å². The highest BCUT2D eigenvalue weighted by atomic mass is 19.1. The second-order valence-corrected chi connectivity index (χ2v) is 6.47. The predicted octanol–water partition coefficient (Wildman–Crippen LogP) is 4.49. The maximum Gasteiger partial charge on any atom is 0.248 e. The molecule has 0 spiro atoms. The lowest BCUT2D eigenvalue weighted by atomic mass is 10.2. The minimum absolute atomic E-state index is 0.264. The first kappa shape index (κ1) is 17.4. The van der Waals surface area contributed by atoms with Crippen molar-refractivity contribution < 1.29 is 13.9 Å². The van der Waals surface area contributed by atoms with Gasteiger partial charge in [0, 0.05) is 10.9 Å². The van der Waals surface area contributed by atoms with Gasteiger partial charge in [-0.3, -0.25) is 4.68 Å². The summed E-state index contributed by atoms with van der Waals surface area (Å²) in [6, 6.07) is 14.4. The third kappa shape index (κ3) is 3.13. The van der Waals surface area contributed by atoms with Gasteiger partial charge in [0.2, 0.25) is 5.89 Å². The van der Waals surface area contributed by atoms with E-state index >= 15 is 0 Å². The first-order valence-corrected chi connectivity index (χ1v) is 8.95. The van der Waals surface area contributed by atoms with Gasteiger partial charge in [0.05, 0.1) is 17.8 Å². The number of nitrogens with zero attached hydrogens (tertiary/aromatic N) is 3. The van der Waals surface area contributed by atoms with E-state index < -0.39 is 6.10 Å². The van der Waals surface area contributed by atoms with E-state index in [1.165, 1.54) is 6.07 Å². The zero-order valence-electron chi connectivity index (χ0n) is 15.2. The molecule has 27 heavy (non-hydrogen) atoms. The lowest BCUT2D eigenvalue weighted by Crippen LogP contribution is -2.03. The van der Waals surface area contributed by atoms with Gasteiger partial charge in [0.1, 0.15) is 11.9 Å². The molecular formula is C21H20FN3O2. The molecule has 0 radical (unpaired) electrons. The SMILES string of the molecule is CCc1nc(-c2nn(Cc3ccccc3F)c3ccccc23)oc1C(C)O. The maximum atomic E-state index is 14.1. The van der Waals surface area contributed by atoms with Crippen LogP contribution in [0.25, 0.3) is 22.5 Å². The molecule has 0 aliphatic rings. The van der Waals surface area contributed by atoms with Crippen molar-refractivity contribution in [2.45, 2.75) is 32.9 Å². The molecule has 1 atom stereocenters. The largest absolute Gasteiger partial charge is 0.437 e. The second-order valence-electron chi connectivity index (χ2n) is 6.47. The highest BCUT2D eigenvalue weighted by Crippen LogP contribution is 2.31. The van der Waals surface area contributed by atoms with Gasteiger partial charge in [-0.15, -0.1) is 0 Å². The number of aryl methyl sites for hydroxylation is 1. The summed E-state index contributed by atoms with van der Waals surface area (Å²) in [7, 11) is 0. The monoisotopic (exact) mass is 365 g/mol. The van der Waals surface area contributed by atoms with Crippen LogP contribution < -0.4 is 0 Å². The number of aliphatic hydroxyl groups is 1. The second kappa shape index (κ2) is 6.96. The van der Waals surface area contributed by atoms with Gasteiger partial charge in [0.15, 0.2) is 11.5 Å². The zero-order valence-corrected chi connectivity index (χ0v) is 15.2. The minimum atomic E-state index is -0.743. The Kier molecular flexibility index (Phi) is 4.49. The summed E-state index contributed by atoms with van der Waals surface area (Å²) in [6.07, 6.45) is -0.0922. The fourth-order valence-electron chi connectivity index (χ4n) is 3.24. The number of para-hydroxylation sites is 1. The average Bonchev–Trinajstić information content (AvgIpc) is 3.25. The standard InChI is InChI=1S/C21H20FN3O2/c1-3-17-20(13(2)26)27-21(23-17)19-15-9-5-7-11-18(15)25(24-19)12-14-8-4-6-10-16(14)22/h4-11,13,26H,3,12H2,1-2H3. The Morgan fingerprint density at radius 1 is 1.15 bits per heavy atom. The minimum Gasteiger partial charge on any atom is -0.437 e. The highest BCUT2D eigenvalue weighted by Gasteiger charge is 2.22. The van der Waals surface area contributed by atoms with Crippen molar-refractivity contribution in [2.24, 2.45) is 0 Å². The molecule has 0 aliphatic heterocycles. The molecular weight excluding hydrogens is 345 g/mol. The molecule has 2 aromatic heterocycles. The number of aromatic nitrogens is 3. The summed E-state index contributed by atoms with van der Waals surface area (Å²) in [5, 5.41) is 15.5. The fourth-order valence-corrected chi connectivity index (χ4v) is 3.24. The molecule has 4 rings (SSSR count). The summed E-state index contributed by atoms with van der Waals surface area (Å²) < 4.78 is 21.7. The van der Waals surface area contributed by atoms with Gasteiger partial charge >= 0.3 is 0 Å². The van der Waals surface area contributed by atoms with Crippen LogP contribution in [0.5, 0.6) is 0 Å². The van der Waals surface area contributed by atoms with Crippen molar-refractivity contribution in [1.82, 2.24) is 14.8 Å². The Morgan fingerprint density at radius 2 is 1.89 bits per heavy atom. The Bertz CT molecular complexity index is 1100. The quantitative estimate of drug-likeness (QED) is 0.566. The van der Waals surface area contributed by atoms with Crippen LogP contribution in [0, 0.1) is 5.82 Å². The Balaban J connectivity index is 1.84. The van der Waals surface area contributed by atoms with E-state index in [0.29, 0.717) is 41.6 Å². The molecule has 0 amide bonds. The third-order valence-corrected chi connectivity index (χ3v) is 4.58. The van der Waals surface area contributed by atoms with E-state index in [1.54, 1.807) is 23.7 Å². The fraction of sp³-hybridized carbons (Fsp3) is 0.238. The molecule has 2 aromatic carbocycles. The third-order valence-electron chi connectivity index (χ3n) is 4.58. The summed E-state index contributed by atoms with van der Waals surface area (Å²) in [5.41, 5.74) is 2.73. The van der Waals surface area contributed by atoms with Crippen LogP contribution in [0.1, 0.15) is 37.0 Å². The molecule has 0 saturated heterocycles. The predicted molar refractivity (Wildman–Crippen MR) is 101 cm³/mol. The van der Waals surface area contributed by atoms with Crippen molar-refractivity contribution in [1.29, 1.82) is 0 Å². The van der Waals surface area contributed by atoms with Crippen LogP contribution in [0.2, 0.25) is 0 Å². The van der Waals surface area contributed by atoms with E-state index in [2.05, 4.69) is 10.1 Å². The molecule has 5 nitrogen and oxygen atoms in total. The number of fused-ring (bicyclic) bond motifs is 1. The first-order chi connectivity index (χ1) is 13.1. The number of halogens is 1. The average molecular weight is 365 g/mol. The van der Waals surface area contributed by atoms with Gasteiger partial charge in [0.25, 0.3) is 0 Å². The van der Waals surface area contributed by atoms with Crippen LogP contribution in [0.4, 0.5) is 4.39 Å². The van der Waals surface area contributed by atoms with E-state index in [1.807, 2.05) is 37.3 Å². The summed E-state index contributed by atoms with van der Waals surface area (Å²) in [4.78, 5) is 4.53. The summed E-state index contributed by atoms with van der Waals surface area (Å²) >= 11 is 0. The van der Waals surface area contributed by atoms with Gasteiger partial charge < -0.3 is 9.52 Å². The Hall–Kier alpha value is -2.99. The van der Waals surface area contributed by atoms with Crippen LogP contribution in [-0.2, 0) is 13.0 Å².